The number of amides is 1. The Morgan fingerprint density at radius 2 is 2.09 bits per heavy atom. The van der Waals surface area contributed by atoms with Gasteiger partial charge in [0.05, 0.1) is 0 Å². The molecule has 2 heterocycles. The Morgan fingerprint density at radius 3 is 2.86 bits per heavy atom. The van der Waals surface area contributed by atoms with Gasteiger partial charge in [0.15, 0.2) is 11.5 Å². The number of carbonyl (C=O) groups is 1. The van der Waals surface area contributed by atoms with Gasteiger partial charge in [0.2, 0.25) is 5.91 Å². The molecule has 1 aromatic rings. The molecule has 0 spiro atoms. The highest BCUT2D eigenvalue weighted by atomic mass is 16.6. The number of ether oxygens (including phenoxy) is 2. The Hall–Kier alpha value is -2.01. The van der Waals surface area contributed by atoms with E-state index in [0.717, 1.165) is 36.4 Å². The van der Waals surface area contributed by atoms with Gasteiger partial charge in [-0.3, -0.25) is 4.79 Å². The lowest BCUT2D eigenvalue weighted by Gasteiger charge is -2.35. The van der Waals surface area contributed by atoms with Crippen molar-refractivity contribution in [3.8, 4) is 11.5 Å². The van der Waals surface area contributed by atoms with Crippen LogP contribution in [-0.2, 0) is 4.79 Å². The van der Waals surface area contributed by atoms with Crippen LogP contribution in [0.25, 0.3) is 6.08 Å². The van der Waals surface area contributed by atoms with E-state index in [-0.39, 0.29) is 18.0 Å². The van der Waals surface area contributed by atoms with E-state index in [1.165, 1.54) is 0 Å². The van der Waals surface area contributed by atoms with E-state index in [4.69, 9.17) is 15.2 Å². The number of rotatable bonds is 2. The quantitative estimate of drug-likeness (QED) is 0.846. The van der Waals surface area contributed by atoms with Crippen molar-refractivity contribution in [3.05, 3.63) is 29.8 Å². The summed E-state index contributed by atoms with van der Waals surface area (Å²) in [5.41, 5.74) is 6.87. The van der Waals surface area contributed by atoms with Gasteiger partial charge in [-0.15, -0.1) is 0 Å². The molecule has 1 aromatic carbocycles. The second kappa shape index (κ2) is 6.40. The molecule has 0 radical (unpaired) electrons. The molecule has 2 N–H and O–H groups in total. The van der Waals surface area contributed by atoms with Crippen LogP contribution in [0, 0.1) is 0 Å². The number of benzene rings is 1. The third-order valence-electron chi connectivity index (χ3n) is 4.18. The summed E-state index contributed by atoms with van der Waals surface area (Å²) >= 11 is 0. The molecule has 1 saturated heterocycles. The van der Waals surface area contributed by atoms with Gasteiger partial charge in [0.1, 0.15) is 13.2 Å². The summed E-state index contributed by atoms with van der Waals surface area (Å²) in [6, 6.07) is 6.10. The lowest BCUT2D eigenvalue weighted by molar-refractivity contribution is -0.129. The molecule has 1 amide bonds. The number of piperidine rings is 1. The molecule has 0 aromatic heterocycles. The normalized spacial score (nSPS) is 24.5. The zero-order chi connectivity index (χ0) is 15.5. The SMILES string of the molecule is CC1CC(N)CCN1C(=O)C=Cc1ccc2c(c1)OCCO2. The van der Waals surface area contributed by atoms with Gasteiger partial charge in [0.25, 0.3) is 0 Å². The molecule has 2 unspecified atom stereocenters. The zero-order valence-electron chi connectivity index (χ0n) is 12.8. The summed E-state index contributed by atoms with van der Waals surface area (Å²) in [6.07, 6.45) is 5.18. The summed E-state index contributed by atoms with van der Waals surface area (Å²) in [7, 11) is 0. The van der Waals surface area contributed by atoms with Gasteiger partial charge in [0, 0.05) is 24.7 Å². The number of hydrogen-bond acceptors (Lipinski definition) is 4. The number of hydrogen-bond donors (Lipinski definition) is 1. The molecule has 118 valence electrons. The Morgan fingerprint density at radius 1 is 1.32 bits per heavy atom. The standard InChI is InChI=1S/C17H22N2O3/c1-12-10-14(18)6-7-19(12)17(20)5-3-13-2-4-15-16(11-13)22-9-8-21-15/h2-5,11-12,14H,6-10,18H2,1H3. The topological polar surface area (TPSA) is 64.8 Å². The van der Waals surface area contributed by atoms with Crippen molar-refractivity contribution >= 4 is 12.0 Å². The van der Waals surface area contributed by atoms with Crippen LogP contribution in [0.4, 0.5) is 0 Å². The Labute approximate surface area is 130 Å². The van der Waals surface area contributed by atoms with E-state index in [1.54, 1.807) is 6.08 Å². The minimum atomic E-state index is 0.0364. The molecule has 3 rings (SSSR count). The third-order valence-corrected chi connectivity index (χ3v) is 4.18. The average Bonchev–Trinajstić information content (AvgIpc) is 2.52. The monoisotopic (exact) mass is 302 g/mol. The van der Waals surface area contributed by atoms with Crippen LogP contribution in [0.2, 0.25) is 0 Å². The maximum absolute atomic E-state index is 12.3. The Bertz CT molecular complexity index is 585. The molecular weight excluding hydrogens is 280 g/mol. The molecule has 0 saturated carbocycles. The van der Waals surface area contributed by atoms with Crippen molar-refractivity contribution < 1.29 is 14.3 Å². The van der Waals surface area contributed by atoms with Gasteiger partial charge in [-0.2, -0.15) is 0 Å². The van der Waals surface area contributed by atoms with Crippen molar-refractivity contribution in [2.75, 3.05) is 19.8 Å². The van der Waals surface area contributed by atoms with E-state index in [2.05, 4.69) is 6.92 Å². The summed E-state index contributed by atoms with van der Waals surface area (Å²) in [5, 5.41) is 0. The fourth-order valence-electron chi connectivity index (χ4n) is 2.96. The largest absolute Gasteiger partial charge is 0.486 e. The van der Waals surface area contributed by atoms with Crippen LogP contribution in [0.3, 0.4) is 0 Å². The molecule has 0 aliphatic carbocycles. The average molecular weight is 302 g/mol. The molecule has 5 nitrogen and oxygen atoms in total. The molecule has 5 heteroatoms. The fourth-order valence-corrected chi connectivity index (χ4v) is 2.96. The Kier molecular flexibility index (Phi) is 4.34. The summed E-state index contributed by atoms with van der Waals surface area (Å²) in [4.78, 5) is 14.2. The zero-order valence-corrected chi connectivity index (χ0v) is 12.8. The number of fused-ring (bicyclic) bond motifs is 1. The number of nitrogens with two attached hydrogens (primary N) is 1. The number of nitrogens with zero attached hydrogens (tertiary/aromatic N) is 1. The van der Waals surface area contributed by atoms with E-state index in [0.29, 0.717) is 13.2 Å². The van der Waals surface area contributed by atoms with Crippen molar-refractivity contribution in [1.29, 1.82) is 0 Å². The van der Waals surface area contributed by atoms with E-state index in [1.807, 2.05) is 29.2 Å². The van der Waals surface area contributed by atoms with Crippen molar-refractivity contribution in [3.63, 3.8) is 0 Å². The van der Waals surface area contributed by atoms with Crippen LogP contribution in [0.5, 0.6) is 11.5 Å². The lowest BCUT2D eigenvalue weighted by atomic mass is 9.99. The minimum absolute atomic E-state index is 0.0364. The number of likely N-dealkylation sites (tertiary alicyclic amines) is 1. The smallest absolute Gasteiger partial charge is 0.246 e. The first-order valence-electron chi connectivity index (χ1n) is 7.77. The maximum atomic E-state index is 12.3. The first kappa shape index (κ1) is 14.9. The summed E-state index contributed by atoms with van der Waals surface area (Å²) in [5.74, 6) is 1.53. The van der Waals surface area contributed by atoms with Gasteiger partial charge < -0.3 is 20.1 Å². The van der Waals surface area contributed by atoms with Crippen molar-refractivity contribution in [1.82, 2.24) is 4.90 Å². The number of carbonyl (C=O) groups excluding carboxylic acids is 1. The van der Waals surface area contributed by atoms with Crippen LogP contribution < -0.4 is 15.2 Å². The molecule has 2 atom stereocenters. The van der Waals surface area contributed by atoms with Crippen LogP contribution in [-0.4, -0.2) is 42.6 Å². The van der Waals surface area contributed by atoms with Crippen LogP contribution in [0.15, 0.2) is 24.3 Å². The molecule has 2 aliphatic rings. The highest BCUT2D eigenvalue weighted by Gasteiger charge is 2.25. The minimum Gasteiger partial charge on any atom is -0.486 e. The van der Waals surface area contributed by atoms with Crippen LogP contribution in [0.1, 0.15) is 25.3 Å². The van der Waals surface area contributed by atoms with E-state index < -0.39 is 0 Å². The lowest BCUT2D eigenvalue weighted by Crippen LogP contribution is -2.47. The first-order chi connectivity index (χ1) is 10.6. The summed E-state index contributed by atoms with van der Waals surface area (Å²) < 4.78 is 11.0. The Balaban J connectivity index is 1.67. The third kappa shape index (κ3) is 3.25. The van der Waals surface area contributed by atoms with E-state index >= 15 is 0 Å². The van der Waals surface area contributed by atoms with Gasteiger partial charge in [-0.25, -0.2) is 0 Å². The van der Waals surface area contributed by atoms with Crippen molar-refractivity contribution in [2.24, 2.45) is 5.73 Å². The van der Waals surface area contributed by atoms with Gasteiger partial charge in [-0.1, -0.05) is 6.07 Å². The predicted molar refractivity (Wildman–Crippen MR) is 84.9 cm³/mol. The highest BCUT2D eigenvalue weighted by molar-refractivity contribution is 5.92. The van der Waals surface area contributed by atoms with E-state index in [9.17, 15) is 4.79 Å². The maximum Gasteiger partial charge on any atom is 0.246 e. The molecular formula is C17H22N2O3. The molecule has 22 heavy (non-hydrogen) atoms. The molecule has 0 bridgehead atoms. The predicted octanol–water partition coefficient (Wildman–Crippen LogP) is 1.81. The summed E-state index contributed by atoms with van der Waals surface area (Å²) in [6.45, 7) is 3.92. The van der Waals surface area contributed by atoms with Gasteiger partial charge in [-0.05, 0) is 43.5 Å². The molecule has 1 fully saturated rings. The fraction of sp³-hybridized carbons (Fsp3) is 0.471. The molecule has 2 aliphatic heterocycles. The second-order valence-electron chi connectivity index (χ2n) is 5.90. The van der Waals surface area contributed by atoms with Crippen LogP contribution >= 0.6 is 0 Å². The second-order valence-corrected chi connectivity index (χ2v) is 5.90. The van der Waals surface area contributed by atoms with Gasteiger partial charge >= 0.3 is 0 Å². The first-order valence-corrected chi connectivity index (χ1v) is 7.77. The highest BCUT2D eigenvalue weighted by Crippen LogP contribution is 2.31. The van der Waals surface area contributed by atoms with Crippen molar-refractivity contribution in [2.45, 2.75) is 31.8 Å².